The topological polar surface area (TPSA) is 29.5 Å². The van der Waals surface area contributed by atoms with Crippen LogP contribution in [0.25, 0.3) is 0 Å². The summed E-state index contributed by atoms with van der Waals surface area (Å²) in [6.45, 7) is 5.72. The van der Waals surface area contributed by atoms with Crippen molar-refractivity contribution in [1.29, 1.82) is 0 Å². The van der Waals surface area contributed by atoms with Crippen LogP contribution in [0.5, 0.6) is 0 Å². The molecule has 0 saturated carbocycles. The van der Waals surface area contributed by atoms with E-state index >= 15 is 0 Å². The van der Waals surface area contributed by atoms with E-state index in [2.05, 4.69) is 17.1 Å². The van der Waals surface area contributed by atoms with Gasteiger partial charge in [-0.1, -0.05) is 12.2 Å². The van der Waals surface area contributed by atoms with Gasteiger partial charge in [-0.15, -0.1) is 0 Å². The minimum atomic E-state index is -0.268. The Morgan fingerprint density at radius 3 is 2.17 bits per heavy atom. The van der Waals surface area contributed by atoms with Gasteiger partial charge in [0.2, 0.25) is 5.78 Å². The molecule has 1 aliphatic carbocycles. The SMILES string of the molecule is C1=CCCC1.CC1=C(N2CCCC2)C(=O)C(C)O1. The first kappa shape index (κ1) is 13.2. The van der Waals surface area contributed by atoms with Crippen LogP contribution in [0.2, 0.25) is 0 Å². The van der Waals surface area contributed by atoms with Crippen LogP contribution >= 0.6 is 0 Å². The molecule has 1 atom stereocenters. The largest absolute Gasteiger partial charge is 0.485 e. The molecular formula is C15H23NO2. The molecule has 0 N–H and O–H groups in total. The highest BCUT2D eigenvalue weighted by Crippen LogP contribution is 2.26. The molecule has 2 aliphatic heterocycles. The number of hydrogen-bond donors (Lipinski definition) is 0. The molecular weight excluding hydrogens is 226 g/mol. The van der Waals surface area contributed by atoms with E-state index in [4.69, 9.17) is 4.74 Å². The Bertz CT molecular complexity index is 359. The van der Waals surface area contributed by atoms with Gasteiger partial charge >= 0.3 is 0 Å². The number of ether oxygens (including phenoxy) is 1. The van der Waals surface area contributed by atoms with Crippen LogP contribution in [0.1, 0.15) is 46.0 Å². The van der Waals surface area contributed by atoms with Crippen molar-refractivity contribution in [3.8, 4) is 0 Å². The number of carbonyl (C=O) groups is 1. The minimum absolute atomic E-state index is 0.152. The molecule has 1 unspecified atom stereocenters. The molecule has 3 heteroatoms. The molecule has 100 valence electrons. The Balaban J connectivity index is 0.000000202. The van der Waals surface area contributed by atoms with E-state index in [0.717, 1.165) is 24.5 Å². The minimum Gasteiger partial charge on any atom is -0.485 e. The Morgan fingerprint density at radius 1 is 1.17 bits per heavy atom. The molecule has 18 heavy (non-hydrogen) atoms. The maximum Gasteiger partial charge on any atom is 0.222 e. The fourth-order valence-corrected chi connectivity index (χ4v) is 2.65. The summed E-state index contributed by atoms with van der Waals surface area (Å²) in [5.74, 6) is 0.957. The van der Waals surface area contributed by atoms with Crippen LogP contribution in [0.15, 0.2) is 23.6 Å². The van der Waals surface area contributed by atoms with Crippen molar-refractivity contribution in [2.24, 2.45) is 0 Å². The molecule has 1 saturated heterocycles. The lowest BCUT2D eigenvalue weighted by atomic mass is 10.2. The Kier molecular flexibility index (Phi) is 4.45. The second kappa shape index (κ2) is 6.07. The summed E-state index contributed by atoms with van der Waals surface area (Å²) in [5.41, 5.74) is 0.824. The van der Waals surface area contributed by atoms with E-state index in [1.165, 1.54) is 32.1 Å². The van der Waals surface area contributed by atoms with Gasteiger partial charge in [0.15, 0.2) is 6.10 Å². The molecule has 3 aliphatic rings. The van der Waals surface area contributed by atoms with Gasteiger partial charge in [-0.2, -0.15) is 0 Å². The smallest absolute Gasteiger partial charge is 0.222 e. The number of rotatable bonds is 1. The normalized spacial score (nSPS) is 26.4. The van der Waals surface area contributed by atoms with E-state index in [9.17, 15) is 4.79 Å². The molecule has 0 aromatic carbocycles. The van der Waals surface area contributed by atoms with Crippen molar-refractivity contribution >= 4 is 5.78 Å². The van der Waals surface area contributed by atoms with Crippen molar-refractivity contribution in [1.82, 2.24) is 4.90 Å². The lowest BCUT2D eigenvalue weighted by Gasteiger charge is -2.16. The summed E-state index contributed by atoms with van der Waals surface area (Å²) in [7, 11) is 0. The first-order valence-corrected chi connectivity index (χ1v) is 7.02. The Morgan fingerprint density at radius 2 is 1.78 bits per heavy atom. The molecule has 2 heterocycles. The fraction of sp³-hybridized carbons (Fsp3) is 0.667. The van der Waals surface area contributed by atoms with Crippen molar-refractivity contribution in [3.05, 3.63) is 23.6 Å². The summed E-state index contributed by atoms with van der Waals surface area (Å²) in [6, 6.07) is 0. The third kappa shape index (κ3) is 2.95. The number of carbonyl (C=O) groups excluding carboxylic acids is 1. The maximum atomic E-state index is 11.7. The first-order chi connectivity index (χ1) is 8.70. The van der Waals surface area contributed by atoms with Gasteiger partial charge in [-0.05, 0) is 46.0 Å². The lowest BCUT2D eigenvalue weighted by Crippen LogP contribution is -2.26. The molecule has 0 aromatic rings. The van der Waals surface area contributed by atoms with Gasteiger partial charge < -0.3 is 9.64 Å². The van der Waals surface area contributed by atoms with Gasteiger partial charge in [0.1, 0.15) is 11.5 Å². The third-order valence-corrected chi connectivity index (χ3v) is 3.62. The van der Waals surface area contributed by atoms with Crippen molar-refractivity contribution in [2.45, 2.75) is 52.1 Å². The van der Waals surface area contributed by atoms with E-state index in [1.54, 1.807) is 0 Å². The highest BCUT2D eigenvalue weighted by atomic mass is 16.5. The predicted octanol–water partition coefficient (Wildman–Crippen LogP) is 3.03. The number of ketones is 1. The van der Waals surface area contributed by atoms with Crippen molar-refractivity contribution < 1.29 is 9.53 Å². The zero-order valence-corrected chi connectivity index (χ0v) is 11.4. The van der Waals surface area contributed by atoms with Gasteiger partial charge in [-0.3, -0.25) is 4.79 Å². The van der Waals surface area contributed by atoms with Crippen LogP contribution in [0, 0.1) is 0 Å². The standard InChI is InChI=1S/C10H15NO2.C5H8/c1-7-9(10(12)8(2)13-7)11-5-3-4-6-11;1-2-4-5-3-1/h8H,3-6H2,1-2H3;1-2H,3-5H2. The number of nitrogens with zero attached hydrogens (tertiary/aromatic N) is 1. The number of Topliss-reactive ketones (excluding diaryl/α,β-unsaturated/α-hetero) is 1. The van der Waals surface area contributed by atoms with E-state index in [1.807, 2.05) is 13.8 Å². The highest BCUT2D eigenvalue weighted by molar-refractivity contribution is 6.00. The van der Waals surface area contributed by atoms with Crippen molar-refractivity contribution in [3.63, 3.8) is 0 Å². The second-order valence-electron chi connectivity index (χ2n) is 5.13. The van der Waals surface area contributed by atoms with Gasteiger partial charge in [0.25, 0.3) is 0 Å². The van der Waals surface area contributed by atoms with Gasteiger partial charge in [-0.25, -0.2) is 0 Å². The van der Waals surface area contributed by atoms with E-state index in [0.29, 0.717) is 0 Å². The molecule has 3 nitrogen and oxygen atoms in total. The predicted molar refractivity (Wildman–Crippen MR) is 72.1 cm³/mol. The zero-order chi connectivity index (χ0) is 13.0. The summed E-state index contributed by atoms with van der Waals surface area (Å²) >= 11 is 0. The monoisotopic (exact) mass is 249 g/mol. The quantitative estimate of drug-likeness (QED) is 0.669. The number of hydrogen-bond acceptors (Lipinski definition) is 3. The van der Waals surface area contributed by atoms with Crippen molar-refractivity contribution in [2.75, 3.05) is 13.1 Å². The van der Waals surface area contributed by atoms with Crippen LogP contribution in [0.3, 0.4) is 0 Å². The molecule has 3 rings (SSSR count). The Hall–Kier alpha value is -1.25. The van der Waals surface area contributed by atoms with E-state index in [-0.39, 0.29) is 11.9 Å². The molecule has 0 aromatic heterocycles. The summed E-state index contributed by atoms with van der Waals surface area (Å²) < 4.78 is 5.39. The molecule has 0 spiro atoms. The van der Waals surface area contributed by atoms with Gasteiger partial charge in [0, 0.05) is 13.1 Å². The first-order valence-electron chi connectivity index (χ1n) is 7.02. The van der Waals surface area contributed by atoms with Crippen LogP contribution in [-0.2, 0) is 9.53 Å². The fourth-order valence-electron chi connectivity index (χ4n) is 2.65. The molecule has 1 fully saturated rings. The molecule has 0 radical (unpaired) electrons. The summed E-state index contributed by atoms with van der Waals surface area (Å²) in [4.78, 5) is 13.8. The summed E-state index contributed by atoms with van der Waals surface area (Å²) in [5, 5.41) is 0. The van der Waals surface area contributed by atoms with Gasteiger partial charge in [0.05, 0.1) is 0 Å². The average molecular weight is 249 g/mol. The van der Waals surface area contributed by atoms with Crippen LogP contribution < -0.4 is 0 Å². The maximum absolute atomic E-state index is 11.7. The van der Waals surface area contributed by atoms with E-state index < -0.39 is 0 Å². The second-order valence-corrected chi connectivity index (χ2v) is 5.13. The number of likely N-dealkylation sites (tertiary alicyclic amines) is 1. The molecule has 0 amide bonds. The zero-order valence-electron chi connectivity index (χ0n) is 11.4. The summed E-state index contributed by atoms with van der Waals surface area (Å²) in [6.07, 6.45) is 10.6. The third-order valence-electron chi connectivity index (χ3n) is 3.62. The Labute approximate surface area is 109 Å². The lowest BCUT2D eigenvalue weighted by molar-refractivity contribution is -0.121. The highest BCUT2D eigenvalue weighted by Gasteiger charge is 2.34. The number of allylic oxidation sites excluding steroid dienone is 3. The van der Waals surface area contributed by atoms with Crippen LogP contribution in [-0.4, -0.2) is 29.9 Å². The average Bonchev–Trinajstić information content (AvgIpc) is 3.06. The molecule has 0 bridgehead atoms. The van der Waals surface area contributed by atoms with Crippen LogP contribution in [0.4, 0.5) is 0 Å².